The average Bonchev–Trinajstić information content (AvgIpc) is 3.51. The summed E-state index contributed by atoms with van der Waals surface area (Å²) in [6.45, 7) is 5.85. The van der Waals surface area contributed by atoms with E-state index in [-0.39, 0.29) is 23.6 Å². The van der Waals surface area contributed by atoms with Crippen LogP contribution in [0.2, 0.25) is 0 Å². The molecule has 3 N–H and O–H groups in total. The zero-order valence-corrected chi connectivity index (χ0v) is 21.1. The molecule has 4 aromatic rings. The zero-order valence-electron chi connectivity index (χ0n) is 21.1. The third kappa shape index (κ3) is 4.89. The number of para-hydroxylation sites is 1. The number of amides is 1. The molecule has 186 valence electrons. The van der Waals surface area contributed by atoms with Crippen LogP contribution in [-0.2, 0) is 6.54 Å². The van der Waals surface area contributed by atoms with Gasteiger partial charge in [0, 0.05) is 41.0 Å². The van der Waals surface area contributed by atoms with Crippen molar-refractivity contribution >= 4 is 16.8 Å². The van der Waals surface area contributed by atoms with E-state index in [1.807, 2.05) is 44.2 Å². The molecular formula is C31H35N3O2. The maximum atomic E-state index is 13.9. The molecule has 0 radical (unpaired) electrons. The Kier molecular flexibility index (Phi) is 7.10. The number of aryl methyl sites for hydroxylation is 1. The smallest absolute Gasteiger partial charge is 0.268 e. The number of phenolic OH excluding ortho intramolecular Hbond substituents is 1. The topological polar surface area (TPSA) is 66.3 Å². The van der Waals surface area contributed by atoms with Crippen LogP contribution in [0.1, 0.15) is 66.2 Å². The Morgan fingerprint density at radius 3 is 2.39 bits per heavy atom. The van der Waals surface area contributed by atoms with Crippen LogP contribution in [0.15, 0.2) is 78.9 Å². The summed E-state index contributed by atoms with van der Waals surface area (Å²) in [7, 11) is 0. The molecule has 1 saturated heterocycles. The van der Waals surface area contributed by atoms with Gasteiger partial charge in [-0.2, -0.15) is 0 Å². The third-order valence-electron chi connectivity index (χ3n) is 7.16. The molecule has 1 aromatic heterocycles. The van der Waals surface area contributed by atoms with Crippen molar-refractivity contribution in [3.8, 4) is 5.75 Å². The zero-order chi connectivity index (χ0) is 25.1. The fourth-order valence-electron chi connectivity index (χ4n) is 5.56. The molecule has 1 amide bonds. The number of fused-ring (bicyclic) bond motifs is 1. The molecule has 0 bridgehead atoms. The first-order chi connectivity index (χ1) is 17.5. The summed E-state index contributed by atoms with van der Waals surface area (Å²) in [6.07, 6.45) is 3.37. The van der Waals surface area contributed by atoms with Gasteiger partial charge in [-0.1, -0.05) is 60.7 Å². The average molecular weight is 482 g/mol. The first-order valence-corrected chi connectivity index (χ1v) is 13.0. The summed E-state index contributed by atoms with van der Waals surface area (Å²) < 4.78 is 2.23. The highest BCUT2D eigenvalue weighted by molar-refractivity contribution is 6.03. The van der Waals surface area contributed by atoms with Crippen LogP contribution in [0.4, 0.5) is 0 Å². The number of rotatable bonds is 8. The molecule has 0 aliphatic carbocycles. The van der Waals surface area contributed by atoms with Crippen molar-refractivity contribution in [2.45, 2.75) is 57.7 Å². The number of nitrogens with one attached hydrogen (secondary N) is 2. The normalized spacial score (nSPS) is 16.5. The minimum Gasteiger partial charge on any atom is -0.508 e. The summed E-state index contributed by atoms with van der Waals surface area (Å²) in [5, 5.41) is 17.9. The Morgan fingerprint density at radius 1 is 1.00 bits per heavy atom. The quantitative estimate of drug-likeness (QED) is 0.298. The molecule has 5 nitrogen and oxygen atoms in total. The lowest BCUT2D eigenvalue weighted by Gasteiger charge is -2.22. The van der Waals surface area contributed by atoms with E-state index in [9.17, 15) is 9.90 Å². The van der Waals surface area contributed by atoms with Crippen molar-refractivity contribution in [3.05, 3.63) is 101 Å². The maximum absolute atomic E-state index is 13.9. The Hall–Kier alpha value is -3.57. The molecule has 2 unspecified atom stereocenters. The largest absolute Gasteiger partial charge is 0.508 e. The lowest BCUT2D eigenvalue weighted by Crippen LogP contribution is -2.33. The number of aromatic nitrogens is 1. The van der Waals surface area contributed by atoms with Gasteiger partial charge in [0.05, 0.1) is 0 Å². The van der Waals surface area contributed by atoms with Gasteiger partial charge in [-0.15, -0.1) is 0 Å². The first-order valence-electron chi connectivity index (χ1n) is 13.0. The van der Waals surface area contributed by atoms with E-state index in [0.29, 0.717) is 6.04 Å². The SMILES string of the molecule is CC(C)NC(=O)c1c(C(c2ccccc2)c2ccc(O)cc2)c2ccccc2n1CCC1CCCN1. The molecule has 0 spiro atoms. The van der Waals surface area contributed by atoms with Gasteiger partial charge in [-0.3, -0.25) is 4.79 Å². The van der Waals surface area contributed by atoms with Gasteiger partial charge in [0.2, 0.25) is 0 Å². The van der Waals surface area contributed by atoms with Gasteiger partial charge < -0.3 is 20.3 Å². The van der Waals surface area contributed by atoms with Crippen molar-refractivity contribution < 1.29 is 9.90 Å². The van der Waals surface area contributed by atoms with Crippen molar-refractivity contribution in [2.75, 3.05) is 6.54 Å². The predicted octanol–water partition coefficient (Wildman–Crippen LogP) is 5.81. The van der Waals surface area contributed by atoms with E-state index in [0.717, 1.165) is 52.8 Å². The molecule has 36 heavy (non-hydrogen) atoms. The van der Waals surface area contributed by atoms with Gasteiger partial charge >= 0.3 is 0 Å². The van der Waals surface area contributed by atoms with E-state index in [1.165, 1.54) is 12.8 Å². The number of hydrogen-bond donors (Lipinski definition) is 3. The van der Waals surface area contributed by atoms with Crippen LogP contribution < -0.4 is 10.6 Å². The monoisotopic (exact) mass is 481 g/mol. The second kappa shape index (κ2) is 10.6. The highest BCUT2D eigenvalue weighted by atomic mass is 16.3. The number of hydrogen-bond acceptors (Lipinski definition) is 3. The fraction of sp³-hybridized carbons (Fsp3) is 0.323. The van der Waals surface area contributed by atoms with Crippen LogP contribution in [0.25, 0.3) is 10.9 Å². The Bertz CT molecular complexity index is 1320. The number of carbonyl (C=O) groups is 1. The number of aromatic hydroxyl groups is 1. The second-order valence-electron chi connectivity index (χ2n) is 10.1. The van der Waals surface area contributed by atoms with Crippen LogP contribution in [-0.4, -0.2) is 34.2 Å². The standard InChI is InChI=1S/C31H35N3O2/c1-21(2)33-31(36)30-29(28(22-9-4-3-5-10-22)23-14-16-25(35)17-15-23)26-12-6-7-13-27(26)34(30)20-18-24-11-8-19-32-24/h3-7,9-10,12-17,21,24,28,32,35H,8,11,18-20H2,1-2H3,(H,33,36). The molecule has 1 aliphatic rings. The number of phenols is 1. The van der Waals surface area contributed by atoms with E-state index < -0.39 is 0 Å². The van der Waals surface area contributed by atoms with E-state index in [1.54, 1.807) is 12.1 Å². The summed E-state index contributed by atoms with van der Waals surface area (Å²) in [5.74, 6) is 0.0283. The molecule has 5 heteroatoms. The van der Waals surface area contributed by atoms with Crippen LogP contribution in [0.5, 0.6) is 5.75 Å². The summed E-state index contributed by atoms with van der Waals surface area (Å²) in [5.41, 5.74) is 4.98. The minimum absolute atomic E-state index is 0.0251. The third-order valence-corrected chi connectivity index (χ3v) is 7.16. The lowest BCUT2D eigenvalue weighted by molar-refractivity contribution is 0.0932. The highest BCUT2D eigenvalue weighted by Crippen LogP contribution is 2.40. The van der Waals surface area contributed by atoms with Gasteiger partial charge in [0.15, 0.2) is 0 Å². The van der Waals surface area contributed by atoms with Gasteiger partial charge in [0.25, 0.3) is 5.91 Å². The maximum Gasteiger partial charge on any atom is 0.268 e. The molecular weight excluding hydrogens is 446 g/mol. The van der Waals surface area contributed by atoms with Crippen molar-refractivity contribution in [1.82, 2.24) is 15.2 Å². The van der Waals surface area contributed by atoms with E-state index in [2.05, 4.69) is 51.6 Å². The number of nitrogens with zero attached hydrogens (tertiary/aromatic N) is 1. The van der Waals surface area contributed by atoms with Gasteiger partial charge in [0.1, 0.15) is 11.4 Å². The highest BCUT2D eigenvalue weighted by Gasteiger charge is 2.30. The minimum atomic E-state index is -0.157. The van der Waals surface area contributed by atoms with Crippen LogP contribution >= 0.6 is 0 Å². The molecule has 1 fully saturated rings. The van der Waals surface area contributed by atoms with E-state index in [4.69, 9.17) is 0 Å². The Labute approximate surface area is 213 Å². The molecule has 5 rings (SSSR count). The molecule has 3 aromatic carbocycles. The van der Waals surface area contributed by atoms with E-state index >= 15 is 0 Å². The lowest BCUT2D eigenvalue weighted by atomic mass is 9.83. The molecule has 2 atom stereocenters. The summed E-state index contributed by atoms with van der Waals surface area (Å²) in [6, 6.07) is 26.6. The summed E-state index contributed by atoms with van der Waals surface area (Å²) >= 11 is 0. The Morgan fingerprint density at radius 2 is 1.69 bits per heavy atom. The molecule has 0 saturated carbocycles. The molecule has 2 heterocycles. The first kappa shape index (κ1) is 24.1. The van der Waals surface area contributed by atoms with Crippen molar-refractivity contribution in [2.24, 2.45) is 0 Å². The van der Waals surface area contributed by atoms with Gasteiger partial charge in [-0.25, -0.2) is 0 Å². The molecule has 1 aliphatic heterocycles. The number of carbonyl (C=O) groups excluding carboxylic acids is 1. The number of benzene rings is 3. The Balaban J connectivity index is 1.74. The van der Waals surface area contributed by atoms with Crippen LogP contribution in [0.3, 0.4) is 0 Å². The fourth-order valence-corrected chi connectivity index (χ4v) is 5.56. The van der Waals surface area contributed by atoms with Crippen LogP contribution in [0, 0.1) is 0 Å². The summed E-state index contributed by atoms with van der Waals surface area (Å²) in [4.78, 5) is 13.9. The predicted molar refractivity (Wildman–Crippen MR) is 146 cm³/mol. The van der Waals surface area contributed by atoms with Crippen molar-refractivity contribution in [1.29, 1.82) is 0 Å². The van der Waals surface area contributed by atoms with Gasteiger partial charge in [-0.05, 0) is 69.0 Å². The van der Waals surface area contributed by atoms with Crippen molar-refractivity contribution in [3.63, 3.8) is 0 Å². The second-order valence-corrected chi connectivity index (χ2v) is 10.1.